The van der Waals surface area contributed by atoms with Crippen LogP contribution in [0.2, 0.25) is 0 Å². The van der Waals surface area contributed by atoms with E-state index in [-0.39, 0.29) is 6.09 Å². The molecule has 1 saturated heterocycles. The van der Waals surface area contributed by atoms with Gasteiger partial charge in [0.15, 0.2) is 0 Å². The van der Waals surface area contributed by atoms with Crippen molar-refractivity contribution in [3.63, 3.8) is 0 Å². The van der Waals surface area contributed by atoms with Crippen LogP contribution < -0.4 is 10.1 Å². The van der Waals surface area contributed by atoms with E-state index in [0.29, 0.717) is 18.3 Å². The smallest absolute Gasteiger partial charge is 0.410 e. The van der Waals surface area contributed by atoms with Crippen molar-refractivity contribution in [2.45, 2.75) is 64.3 Å². The van der Waals surface area contributed by atoms with Crippen molar-refractivity contribution in [1.82, 2.24) is 10.2 Å². The number of hydrogen-bond donors (Lipinski definition) is 1. The summed E-state index contributed by atoms with van der Waals surface area (Å²) in [6, 6.07) is 6.72. The van der Waals surface area contributed by atoms with Crippen molar-refractivity contribution in [2.75, 3.05) is 20.1 Å². The number of fused-ring (bicyclic) bond motifs is 4. The van der Waals surface area contributed by atoms with Gasteiger partial charge in [-0.05, 0) is 68.5 Å². The van der Waals surface area contributed by atoms with Gasteiger partial charge in [-0.2, -0.15) is 0 Å². The molecule has 4 heteroatoms. The van der Waals surface area contributed by atoms with Gasteiger partial charge < -0.3 is 10.1 Å². The number of carbonyl (C=O) groups is 1. The minimum atomic E-state index is -0.330. The van der Waals surface area contributed by atoms with Gasteiger partial charge in [0.05, 0.1) is 0 Å². The van der Waals surface area contributed by atoms with Crippen molar-refractivity contribution in [3.05, 3.63) is 29.3 Å². The van der Waals surface area contributed by atoms with Gasteiger partial charge in [0.25, 0.3) is 0 Å². The second kappa shape index (κ2) is 8.70. The summed E-state index contributed by atoms with van der Waals surface area (Å²) in [6.07, 6.45) is 9.28. The first kappa shape index (κ1) is 18.2. The summed E-state index contributed by atoms with van der Waals surface area (Å²) in [6.45, 7) is 4.09. The predicted molar refractivity (Wildman–Crippen MR) is 101 cm³/mol. The van der Waals surface area contributed by atoms with Gasteiger partial charge in [-0.3, -0.25) is 4.90 Å². The number of nitrogens with one attached hydrogen (secondary N) is 1. The van der Waals surface area contributed by atoms with Crippen LogP contribution in [-0.2, 0) is 6.42 Å². The van der Waals surface area contributed by atoms with Crippen molar-refractivity contribution < 1.29 is 9.53 Å². The Labute approximate surface area is 151 Å². The summed E-state index contributed by atoms with van der Waals surface area (Å²) in [7, 11) is 2.22. The van der Waals surface area contributed by atoms with E-state index < -0.39 is 0 Å². The molecule has 4 nitrogen and oxygen atoms in total. The standard InChI is InChI=1S/C21H32N2O2/c1-3-4-5-6-7-11-22-21(24)25-18-8-9-19-17(15-18)13-16-10-12-23(2)20(19)14-16/h8-9,15-16,20H,3-7,10-14H2,1-2H3,(H,22,24). The lowest BCUT2D eigenvalue weighted by molar-refractivity contribution is 0.129. The third-order valence-corrected chi connectivity index (χ3v) is 5.72. The fraction of sp³-hybridized carbons (Fsp3) is 0.667. The fourth-order valence-corrected chi connectivity index (χ4v) is 4.23. The number of rotatable bonds is 7. The monoisotopic (exact) mass is 344 g/mol. The highest BCUT2D eigenvalue weighted by atomic mass is 16.6. The predicted octanol–water partition coefficient (Wildman–Crippen LogP) is 4.68. The van der Waals surface area contributed by atoms with Crippen molar-refractivity contribution >= 4 is 6.09 Å². The summed E-state index contributed by atoms with van der Waals surface area (Å²) in [4.78, 5) is 14.4. The molecule has 3 rings (SSSR count). The molecule has 1 amide bonds. The first-order chi connectivity index (χ1) is 12.2. The summed E-state index contributed by atoms with van der Waals surface area (Å²) in [5, 5.41) is 2.87. The molecule has 1 fully saturated rings. The zero-order valence-electron chi connectivity index (χ0n) is 15.7. The van der Waals surface area contributed by atoms with Crippen LogP contribution in [0.25, 0.3) is 0 Å². The Kier molecular flexibility index (Phi) is 6.35. The lowest BCUT2D eigenvalue weighted by Crippen LogP contribution is -2.38. The molecule has 1 aromatic rings. The van der Waals surface area contributed by atoms with Crippen LogP contribution in [0.4, 0.5) is 4.79 Å². The molecule has 0 saturated carbocycles. The van der Waals surface area contributed by atoms with Crippen molar-refractivity contribution in [2.24, 2.45) is 5.92 Å². The topological polar surface area (TPSA) is 41.6 Å². The SMILES string of the molecule is CCCCCCCNC(=O)Oc1ccc2c(c1)CC1CCN(C)C2C1. The average Bonchev–Trinajstić information content (AvgIpc) is 2.61. The Morgan fingerprint density at radius 3 is 2.96 bits per heavy atom. The first-order valence-corrected chi connectivity index (χ1v) is 9.96. The highest BCUT2D eigenvalue weighted by Gasteiger charge is 2.33. The largest absolute Gasteiger partial charge is 0.412 e. The number of hydrogen-bond acceptors (Lipinski definition) is 3. The van der Waals surface area contributed by atoms with E-state index in [4.69, 9.17) is 4.74 Å². The van der Waals surface area contributed by atoms with Crippen LogP contribution in [0, 0.1) is 5.92 Å². The number of ether oxygens (including phenoxy) is 1. The molecule has 25 heavy (non-hydrogen) atoms. The zero-order valence-corrected chi connectivity index (χ0v) is 15.7. The molecule has 138 valence electrons. The number of nitrogens with zero attached hydrogens (tertiary/aromatic N) is 1. The Balaban J connectivity index is 1.51. The van der Waals surface area contributed by atoms with E-state index >= 15 is 0 Å². The molecular weight excluding hydrogens is 312 g/mol. The van der Waals surface area contributed by atoms with Gasteiger partial charge in [0.1, 0.15) is 5.75 Å². The van der Waals surface area contributed by atoms with E-state index in [1.165, 1.54) is 56.2 Å². The number of unbranched alkanes of at least 4 members (excludes halogenated alkanes) is 4. The number of amides is 1. The van der Waals surface area contributed by atoms with Crippen molar-refractivity contribution in [1.29, 1.82) is 0 Å². The Hall–Kier alpha value is -1.55. The highest BCUT2D eigenvalue weighted by Crippen LogP contribution is 2.42. The maximum absolute atomic E-state index is 12.0. The molecule has 0 spiro atoms. The lowest BCUT2D eigenvalue weighted by Gasteiger charge is -2.42. The molecule has 2 unspecified atom stereocenters. The van der Waals surface area contributed by atoms with Gasteiger partial charge in [0.2, 0.25) is 0 Å². The van der Waals surface area contributed by atoms with Gasteiger partial charge in [-0.15, -0.1) is 0 Å². The van der Waals surface area contributed by atoms with E-state index in [9.17, 15) is 4.79 Å². The van der Waals surface area contributed by atoms with E-state index in [2.05, 4.69) is 36.3 Å². The molecule has 0 aromatic heterocycles. The Morgan fingerprint density at radius 2 is 2.12 bits per heavy atom. The average molecular weight is 344 g/mol. The normalized spacial score (nSPS) is 22.3. The molecule has 1 aliphatic heterocycles. The fourth-order valence-electron chi connectivity index (χ4n) is 4.23. The maximum Gasteiger partial charge on any atom is 0.412 e. The molecule has 1 N–H and O–H groups in total. The van der Waals surface area contributed by atoms with Crippen LogP contribution >= 0.6 is 0 Å². The molecular formula is C21H32N2O2. The lowest BCUT2D eigenvalue weighted by atomic mass is 9.76. The van der Waals surface area contributed by atoms with Crippen LogP contribution in [-0.4, -0.2) is 31.1 Å². The molecule has 1 aromatic carbocycles. The van der Waals surface area contributed by atoms with E-state index in [0.717, 1.165) is 18.8 Å². The number of carbonyl (C=O) groups excluding carboxylic acids is 1. The molecule has 1 aliphatic carbocycles. The quantitative estimate of drug-likeness (QED) is 0.730. The third-order valence-electron chi connectivity index (χ3n) is 5.72. The van der Waals surface area contributed by atoms with Crippen LogP contribution in [0.3, 0.4) is 0 Å². The van der Waals surface area contributed by atoms with Crippen LogP contribution in [0.1, 0.15) is 69.0 Å². The molecule has 0 radical (unpaired) electrons. The summed E-state index contributed by atoms with van der Waals surface area (Å²) < 4.78 is 5.49. The Bertz CT molecular complexity index is 587. The van der Waals surface area contributed by atoms with Crippen LogP contribution in [0.5, 0.6) is 5.75 Å². The maximum atomic E-state index is 12.0. The molecule has 1 heterocycles. The first-order valence-electron chi connectivity index (χ1n) is 9.96. The van der Waals surface area contributed by atoms with Gasteiger partial charge in [-0.1, -0.05) is 38.7 Å². The molecule has 2 bridgehead atoms. The van der Waals surface area contributed by atoms with E-state index in [1.54, 1.807) is 0 Å². The van der Waals surface area contributed by atoms with E-state index in [1.807, 2.05) is 6.07 Å². The second-order valence-electron chi connectivity index (χ2n) is 7.68. The zero-order chi connectivity index (χ0) is 17.6. The molecule has 2 aliphatic rings. The summed E-state index contributed by atoms with van der Waals surface area (Å²) >= 11 is 0. The van der Waals surface area contributed by atoms with Crippen molar-refractivity contribution in [3.8, 4) is 5.75 Å². The Morgan fingerprint density at radius 1 is 1.28 bits per heavy atom. The van der Waals surface area contributed by atoms with Gasteiger partial charge >= 0.3 is 6.09 Å². The minimum absolute atomic E-state index is 0.330. The van der Waals surface area contributed by atoms with Crippen LogP contribution in [0.15, 0.2) is 18.2 Å². The van der Waals surface area contributed by atoms with Gasteiger partial charge in [0, 0.05) is 12.6 Å². The summed E-state index contributed by atoms with van der Waals surface area (Å²) in [5.74, 6) is 1.45. The number of benzene rings is 1. The number of likely N-dealkylation sites (tertiary alicyclic amines) is 1. The highest BCUT2D eigenvalue weighted by molar-refractivity contribution is 5.70. The minimum Gasteiger partial charge on any atom is -0.410 e. The third kappa shape index (κ3) is 4.75. The second-order valence-corrected chi connectivity index (χ2v) is 7.68. The summed E-state index contributed by atoms with van der Waals surface area (Å²) in [5.41, 5.74) is 2.78. The number of piperidine rings is 1. The van der Waals surface area contributed by atoms with Gasteiger partial charge in [-0.25, -0.2) is 4.79 Å². The molecule has 2 atom stereocenters.